The monoisotopic (exact) mass is 570 g/mol. The van der Waals surface area contributed by atoms with Crippen LogP contribution in [0.25, 0.3) is 98.1 Å². The molecule has 1 heterocycles. The van der Waals surface area contributed by atoms with Crippen molar-refractivity contribution in [1.29, 1.82) is 0 Å². The fraction of sp³-hybridized carbons (Fsp3) is 0. The molecule has 0 spiro atoms. The summed E-state index contributed by atoms with van der Waals surface area (Å²) in [5.41, 5.74) is 6.85. The Labute approximate surface area is 259 Å². The molecule has 208 valence electrons. The van der Waals surface area contributed by atoms with Gasteiger partial charge in [-0.25, -0.2) is 0 Å². The summed E-state index contributed by atoms with van der Waals surface area (Å²) in [6, 6.07) is 57.5. The van der Waals surface area contributed by atoms with Crippen LogP contribution in [0, 0.1) is 0 Å². The van der Waals surface area contributed by atoms with Crippen molar-refractivity contribution >= 4 is 75.8 Å². The summed E-state index contributed by atoms with van der Waals surface area (Å²) in [4.78, 5) is 0. The van der Waals surface area contributed by atoms with E-state index >= 15 is 0 Å². The minimum Gasteiger partial charge on any atom is -0.456 e. The molecule has 0 fully saturated rings. The molecule has 0 amide bonds. The van der Waals surface area contributed by atoms with Crippen molar-refractivity contribution in [3.05, 3.63) is 158 Å². The van der Waals surface area contributed by atoms with Gasteiger partial charge < -0.3 is 4.42 Å². The van der Waals surface area contributed by atoms with E-state index in [-0.39, 0.29) is 0 Å². The lowest BCUT2D eigenvalue weighted by molar-refractivity contribution is 0.669. The average Bonchev–Trinajstić information content (AvgIpc) is 3.48. The van der Waals surface area contributed by atoms with Gasteiger partial charge in [-0.3, -0.25) is 0 Å². The lowest BCUT2D eigenvalue weighted by atomic mass is 9.82. The van der Waals surface area contributed by atoms with Crippen LogP contribution in [0.3, 0.4) is 0 Å². The van der Waals surface area contributed by atoms with E-state index in [1.165, 1.54) is 76.1 Å². The Morgan fingerprint density at radius 2 is 0.911 bits per heavy atom. The summed E-state index contributed by atoms with van der Waals surface area (Å²) in [6.07, 6.45) is 0. The van der Waals surface area contributed by atoms with Gasteiger partial charge in [0.15, 0.2) is 0 Å². The number of para-hydroxylation sites is 1. The van der Waals surface area contributed by atoms with E-state index in [4.69, 9.17) is 4.42 Å². The summed E-state index contributed by atoms with van der Waals surface area (Å²) < 4.78 is 6.23. The Bertz CT molecular complexity index is 2820. The third kappa shape index (κ3) is 3.50. The molecule has 10 aromatic rings. The van der Waals surface area contributed by atoms with Crippen LogP contribution in [0.1, 0.15) is 0 Å². The molecule has 1 aromatic heterocycles. The van der Waals surface area contributed by atoms with Crippen molar-refractivity contribution in [1.82, 2.24) is 0 Å². The molecule has 0 N–H and O–H groups in total. The second kappa shape index (κ2) is 9.29. The predicted octanol–water partition coefficient (Wildman–Crippen LogP) is 12.7. The molecule has 0 saturated carbocycles. The third-order valence-corrected chi connectivity index (χ3v) is 9.62. The molecule has 0 radical (unpaired) electrons. The first-order chi connectivity index (χ1) is 22.3. The average molecular weight is 571 g/mol. The lowest BCUT2D eigenvalue weighted by Crippen LogP contribution is -1.93. The van der Waals surface area contributed by atoms with Crippen LogP contribution in [0.2, 0.25) is 0 Å². The van der Waals surface area contributed by atoms with Crippen molar-refractivity contribution in [2.45, 2.75) is 0 Å². The van der Waals surface area contributed by atoms with Gasteiger partial charge in [0.25, 0.3) is 0 Å². The highest BCUT2D eigenvalue weighted by molar-refractivity contribution is 6.31. The van der Waals surface area contributed by atoms with Gasteiger partial charge in [0.1, 0.15) is 11.2 Å². The molecule has 45 heavy (non-hydrogen) atoms. The van der Waals surface area contributed by atoms with E-state index in [9.17, 15) is 0 Å². The minimum absolute atomic E-state index is 0.915. The summed E-state index contributed by atoms with van der Waals surface area (Å²) in [5, 5.41) is 15.0. The van der Waals surface area contributed by atoms with Crippen molar-refractivity contribution in [2.75, 3.05) is 0 Å². The van der Waals surface area contributed by atoms with Crippen LogP contribution in [0.15, 0.2) is 162 Å². The quantitative estimate of drug-likeness (QED) is 0.149. The lowest BCUT2D eigenvalue weighted by Gasteiger charge is -2.21. The topological polar surface area (TPSA) is 13.1 Å². The van der Waals surface area contributed by atoms with Crippen molar-refractivity contribution in [3.63, 3.8) is 0 Å². The maximum atomic E-state index is 6.23. The van der Waals surface area contributed by atoms with E-state index in [0.717, 1.165) is 21.9 Å². The zero-order valence-corrected chi connectivity index (χ0v) is 24.4. The predicted molar refractivity (Wildman–Crippen MR) is 192 cm³/mol. The van der Waals surface area contributed by atoms with Crippen LogP contribution in [0.4, 0.5) is 0 Å². The van der Waals surface area contributed by atoms with Crippen LogP contribution < -0.4 is 0 Å². The molecule has 9 aromatic carbocycles. The zero-order valence-electron chi connectivity index (χ0n) is 24.4. The number of rotatable bonds is 2. The van der Waals surface area contributed by atoms with Gasteiger partial charge in [0.2, 0.25) is 0 Å². The van der Waals surface area contributed by atoms with E-state index < -0.39 is 0 Å². The molecule has 0 saturated heterocycles. The first-order valence-electron chi connectivity index (χ1n) is 15.5. The normalized spacial score (nSPS) is 12.0. The fourth-order valence-electron chi connectivity index (χ4n) is 7.68. The molecule has 0 aliphatic rings. The van der Waals surface area contributed by atoms with Crippen LogP contribution in [-0.2, 0) is 0 Å². The summed E-state index contributed by atoms with van der Waals surface area (Å²) in [7, 11) is 0. The Morgan fingerprint density at radius 3 is 1.73 bits per heavy atom. The van der Waals surface area contributed by atoms with Gasteiger partial charge in [-0.1, -0.05) is 133 Å². The SMILES string of the molecule is c1ccc2c(c1)cc(-c1c3ccccc3c(-c3ccc4oc5ccccc5c4c3)c3ccc4ccccc4c13)c1ccccc12. The zero-order chi connectivity index (χ0) is 29.5. The molecule has 1 heteroatoms. The molecule has 0 atom stereocenters. The highest BCUT2D eigenvalue weighted by atomic mass is 16.3. The number of furan rings is 1. The second-order valence-corrected chi connectivity index (χ2v) is 12.0. The van der Waals surface area contributed by atoms with Gasteiger partial charge >= 0.3 is 0 Å². The molecular formula is C44H26O. The Kier molecular flexibility index (Phi) is 5.06. The summed E-state index contributed by atoms with van der Waals surface area (Å²) in [6.45, 7) is 0. The van der Waals surface area contributed by atoms with Crippen LogP contribution in [-0.4, -0.2) is 0 Å². The number of hydrogen-bond acceptors (Lipinski definition) is 1. The number of hydrogen-bond donors (Lipinski definition) is 0. The molecule has 0 unspecified atom stereocenters. The summed E-state index contributed by atoms with van der Waals surface area (Å²) >= 11 is 0. The van der Waals surface area contributed by atoms with Gasteiger partial charge in [-0.05, 0) is 100 Å². The summed E-state index contributed by atoms with van der Waals surface area (Å²) in [5.74, 6) is 0. The number of fused-ring (bicyclic) bond motifs is 10. The smallest absolute Gasteiger partial charge is 0.135 e. The largest absolute Gasteiger partial charge is 0.456 e. The highest BCUT2D eigenvalue weighted by Gasteiger charge is 2.21. The van der Waals surface area contributed by atoms with E-state index in [1.54, 1.807) is 0 Å². The minimum atomic E-state index is 0.915. The molecular weight excluding hydrogens is 544 g/mol. The molecule has 0 aliphatic carbocycles. The van der Waals surface area contributed by atoms with Gasteiger partial charge in [0.05, 0.1) is 0 Å². The first-order valence-corrected chi connectivity index (χ1v) is 15.5. The standard InChI is InChI=1S/C44H26O/c1-4-14-31-27(11-1)21-23-37-42(29-22-24-41-38(26-29)34-17-9-10-20-40(34)45-41)35-18-7-8-19-36(35)44(43(31)37)39-25-28-12-2-3-13-30(28)32-15-5-6-16-33(32)39/h1-26H. The second-order valence-electron chi connectivity index (χ2n) is 12.0. The fourth-order valence-corrected chi connectivity index (χ4v) is 7.68. The van der Waals surface area contributed by atoms with Crippen LogP contribution in [0.5, 0.6) is 0 Å². The Hall–Kier alpha value is -5.92. The van der Waals surface area contributed by atoms with Gasteiger partial charge in [-0.2, -0.15) is 0 Å². The number of benzene rings is 9. The molecule has 0 aliphatic heterocycles. The van der Waals surface area contributed by atoms with Crippen molar-refractivity contribution < 1.29 is 4.42 Å². The third-order valence-electron chi connectivity index (χ3n) is 9.62. The Balaban J connectivity index is 1.42. The van der Waals surface area contributed by atoms with Crippen LogP contribution >= 0.6 is 0 Å². The maximum absolute atomic E-state index is 6.23. The van der Waals surface area contributed by atoms with E-state index in [2.05, 4.69) is 152 Å². The first kappa shape index (κ1) is 24.5. The van der Waals surface area contributed by atoms with Gasteiger partial charge in [-0.15, -0.1) is 0 Å². The molecule has 10 rings (SSSR count). The van der Waals surface area contributed by atoms with Gasteiger partial charge in [0, 0.05) is 10.8 Å². The van der Waals surface area contributed by atoms with Crippen molar-refractivity contribution in [2.24, 2.45) is 0 Å². The molecule has 0 bridgehead atoms. The molecule has 1 nitrogen and oxygen atoms in total. The van der Waals surface area contributed by atoms with Crippen molar-refractivity contribution in [3.8, 4) is 22.3 Å². The van der Waals surface area contributed by atoms with E-state index in [0.29, 0.717) is 0 Å². The maximum Gasteiger partial charge on any atom is 0.135 e. The highest BCUT2D eigenvalue weighted by Crippen LogP contribution is 2.49. The van der Waals surface area contributed by atoms with E-state index in [1.807, 2.05) is 6.07 Å². The Morgan fingerprint density at radius 1 is 0.311 bits per heavy atom.